The second-order valence-electron chi connectivity index (χ2n) is 5.45. The van der Waals surface area contributed by atoms with Gasteiger partial charge in [-0.1, -0.05) is 41.9 Å². The van der Waals surface area contributed by atoms with E-state index >= 15 is 0 Å². The SMILES string of the molecule is COC(=O)COc1c(Cl)cc(/C=N\NC(=O)[C@@H](O)c2ccccc2)cc1OC. The molecular formula is C19H19ClN2O6. The number of rotatable bonds is 8. The van der Waals surface area contributed by atoms with Gasteiger partial charge in [0, 0.05) is 0 Å². The second-order valence-corrected chi connectivity index (χ2v) is 5.85. The lowest BCUT2D eigenvalue weighted by atomic mass is 10.1. The summed E-state index contributed by atoms with van der Waals surface area (Å²) in [4.78, 5) is 23.2. The number of hydrogen-bond donors (Lipinski definition) is 2. The smallest absolute Gasteiger partial charge is 0.343 e. The number of hydrazone groups is 1. The third-order valence-electron chi connectivity index (χ3n) is 3.57. The summed E-state index contributed by atoms with van der Waals surface area (Å²) < 4.78 is 15.0. The Morgan fingerprint density at radius 3 is 2.61 bits per heavy atom. The van der Waals surface area contributed by atoms with Gasteiger partial charge in [-0.15, -0.1) is 0 Å². The number of ether oxygens (including phenoxy) is 3. The Morgan fingerprint density at radius 1 is 1.25 bits per heavy atom. The van der Waals surface area contributed by atoms with E-state index in [0.29, 0.717) is 11.1 Å². The van der Waals surface area contributed by atoms with Gasteiger partial charge in [-0.05, 0) is 23.3 Å². The summed E-state index contributed by atoms with van der Waals surface area (Å²) in [5.41, 5.74) is 3.21. The molecule has 28 heavy (non-hydrogen) atoms. The normalized spacial score (nSPS) is 11.7. The lowest BCUT2D eigenvalue weighted by molar-refractivity contribution is -0.142. The molecular weight excluding hydrogens is 388 g/mol. The van der Waals surface area contributed by atoms with Crippen LogP contribution in [-0.4, -0.2) is 44.0 Å². The lowest BCUT2D eigenvalue weighted by Gasteiger charge is -2.12. The monoisotopic (exact) mass is 406 g/mol. The Balaban J connectivity index is 2.06. The molecule has 2 N–H and O–H groups in total. The Morgan fingerprint density at radius 2 is 1.96 bits per heavy atom. The third-order valence-corrected chi connectivity index (χ3v) is 3.85. The Kier molecular flexibility index (Phi) is 7.79. The van der Waals surface area contributed by atoms with E-state index in [-0.39, 0.29) is 23.1 Å². The van der Waals surface area contributed by atoms with E-state index in [1.165, 1.54) is 26.5 Å². The highest BCUT2D eigenvalue weighted by atomic mass is 35.5. The molecule has 0 aliphatic carbocycles. The molecule has 148 valence electrons. The van der Waals surface area contributed by atoms with E-state index in [0.717, 1.165) is 0 Å². The van der Waals surface area contributed by atoms with Gasteiger partial charge in [0.15, 0.2) is 24.2 Å². The molecule has 0 heterocycles. The molecule has 9 heteroatoms. The zero-order valence-electron chi connectivity index (χ0n) is 15.2. The van der Waals surface area contributed by atoms with Crippen molar-refractivity contribution in [1.29, 1.82) is 0 Å². The van der Waals surface area contributed by atoms with Gasteiger partial charge >= 0.3 is 5.97 Å². The Hall–Kier alpha value is -3.10. The Bertz CT molecular complexity index is 857. The van der Waals surface area contributed by atoms with Crippen LogP contribution in [0.1, 0.15) is 17.2 Å². The van der Waals surface area contributed by atoms with Crippen LogP contribution >= 0.6 is 11.6 Å². The van der Waals surface area contributed by atoms with E-state index in [4.69, 9.17) is 21.1 Å². The molecule has 0 spiro atoms. The van der Waals surface area contributed by atoms with Gasteiger partial charge in [-0.3, -0.25) is 4.79 Å². The van der Waals surface area contributed by atoms with Gasteiger partial charge in [0.2, 0.25) is 0 Å². The molecule has 1 atom stereocenters. The fourth-order valence-corrected chi connectivity index (χ4v) is 2.44. The average Bonchev–Trinajstić information content (AvgIpc) is 2.72. The van der Waals surface area contributed by atoms with Crippen LogP contribution in [0.15, 0.2) is 47.6 Å². The van der Waals surface area contributed by atoms with Crippen LogP contribution < -0.4 is 14.9 Å². The van der Waals surface area contributed by atoms with Gasteiger partial charge in [-0.2, -0.15) is 5.10 Å². The third kappa shape index (κ3) is 5.70. The standard InChI is InChI=1S/C19H19ClN2O6/c1-26-15-9-12(8-14(20)18(15)28-11-16(23)27-2)10-21-22-19(25)17(24)13-6-4-3-5-7-13/h3-10,17,24H,11H2,1-2H3,(H,22,25)/b21-10-/t17-/m0/s1. The summed E-state index contributed by atoms with van der Waals surface area (Å²) >= 11 is 6.17. The van der Waals surface area contributed by atoms with Crippen LogP contribution in [-0.2, 0) is 14.3 Å². The molecule has 2 rings (SSSR count). The minimum Gasteiger partial charge on any atom is -0.493 e. The van der Waals surface area contributed by atoms with E-state index in [2.05, 4.69) is 15.3 Å². The maximum absolute atomic E-state index is 12.0. The first kappa shape index (κ1) is 21.2. The van der Waals surface area contributed by atoms with Crippen molar-refractivity contribution < 1.29 is 28.9 Å². The van der Waals surface area contributed by atoms with Crippen molar-refractivity contribution in [2.75, 3.05) is 20.8 Å². The van der Waals surface area contributed by atoms with E-state index in [1.54, 1.807) is 36.4 Å². The van der Waals surface area contributed by atoms with Crippen molar-refractivity contribution in [2.45, 2.75) is 6.10 Å². The number of carbonyl (C=O) groups is 2. The summed E-state index contributed by atoms with van der Waals surface area (Å²) in [6, 6.07) is 11.5. The minimum atomic E-state index is -1.34. The highest BCUT2D eigenvalue weighted by molar-refractivity contribution is 6.32. The van der Waals surface area contributed by atoms with Crippen LogP contribution in [0.4, 0.5) is 0 Å². The molecule has 8 nitrogen and oxygen atoms in total. The van der Waals surface area contributed by atoms with E-state index in [1.807, 2.05) is 0 Å². The van der Waals surface area contributed by atoms with Gasteiger partial charge in [0.1, 0.15) is 0 Å². The largest absolute Gasteiger partial charge is 0.493 e. The number of aliphatic hydroxyl groups excluding tert-OH is 1. The molecule has 2 aromatic rings. The number of methoxy groups -OCH3 is 2. The van der Waals surface area contributed by atoms with Crippen molar-refractivity contribution in [1.82, 2.24) is 5.43 Å². The van der Waals surface area contributed by atoms with Crippen LogP contribution in [0.25, 0.3) is 0 Å². The lowest BCUT2D eigenvalue weighted by Crippen LogP contribution is -2.25. The van der Waals surface area contributed by atoms with Crippen LogP contribution in [0, 0.1) is 0 Å². The van der Waals surface area contributed by atoms with E-state index in [9.17, 15) is 14.7 Å². The Labute approximate surface area is 166 Å². The number of nitrogens with one attached hydrogen (secondary N) is 1. The summed E-state index contributed by atoms with van der Waals surface area (Å²) in [6.07, 6.45) is -0.0146. The van der Waals surface area contributed by atoms with E-state index < -0.39 is 18.0 Å². The van der Waals surface area contributed by atoms with Gasteiger partial charge in [0.05, 0.1) is 25.5 Å². The van der Waals surface area contributed by atoms with Crippen molar-refractivity contribution in [2.24, 2.45) is 5.10 Å². The highest BCUT2D eigenvalue weighted by Crippen LogP contribution is 2.36. The summed E-state index contributed by atoms with van der Waals surface area (Å²) in [5.74, 6) is -0.800. The molecule has 1 amide bonds. The summed E-state index contributed by atoms with van der Waals surface area (Å²) in [7, 11) is 2.66. The topological polar surface area (TPSA) is 106 Å². The van der Waals surface area contributed by atoms with Crippen LogP contribution in [0.2, 0.25) is 5.02 Å². The molecule has 0 fully saturated rings. The fraction of sp³-hybridized carbons (Fsp3) is 0.211. The highest BCUT2D eigenvalue weighted by Gasteiger charge is 2.16. The predicted molar refractivity (Wildman–Crippen MR) is 103 cm³/mol. The minimum absolute atomic E-state index is 0.176. The maximum atomic E-state index is 12.0. The molecule has 0 unspecified atom stereocenters. The number of aliphatic hydroxyl groups is 1. The zero-order valence-corrected chi connectivity index (χ0v) is 16.0. The van der Waals surface area contributed by atoms with Crippen molar-refractivity contribution in [3.05, 3.63) is 58.6 Å². The first-order valence-corrected chi connectivity index (χ1v) is 8.47. The first-order chi connectivity index (χ1) is 13.5. The van der Waals surface area contributed by atoms with Gasteiger partial charge < -0.3 is 19.3 Å². The number of esters is 1. The number of halogens is 1. The van der Waals surface area contributed by atoms with Crippen molar-refractivity contribution in [3.8, 4) is 11.5 Å². The predicted octanol–water partition coefficient (Wildman–Crippen LogP) is 2.08. The molecule has 0 radical (unpaired) electrons. The molecule has 0 saturated heterocycles. The molecule has 0 bridgehead atoms. The van der Waals surface area contributed by atoms with Crippen molar-refractivity contribution in [3.63, 3.8) is 0 Å². The molecule has 0 aliphatic rings. The number of hydrogen-bond acceptors (Lipinski definition) is 7. The average molecular weight is 407 g/mol. The number of carbonyl (C=O) groups excluding carboxylic acids is 2. The quantitative estimate of drug-likeness (QED) is 0.395. The van der Waals surface area contributed by atoms with Gasteiger partial charge in [0.25, 0.3) is 5.91 Å². The molecule has 0 aromatic heterocycles. The van der Waals surface area contributed by atoms with Gasteiger partial charge in [-0.25, -0.2) is 10.2 Å². The zero-order chi connectivity index (χ0) is 20.5. The number of benzene rings is 2. The molecule has 2 aromatic carbocycles. The summed E-state index contributed by atoms with van der Waals surface area (Å²) in [5, 5.41) is 14.0. The summed E-state index contributed by atoms with van der Waals surface area (Å²) in [6.45, 7) is -0.326. The molecule has 0 aliphatic heterocycles. The molecule has 0 saturated carbocycles. The number of amides is 1. The second kappa shape index (κ2) is 10.3. The van der Waals surface area contributed by atoms with Crippen molar-refractivity contribution >= 4 is 29.7 Å². The first-order valence-electron chi connectivity index (χ1n) is 8.09. The number of nitrogens with zero attached hydrogens (tertiary/aromatic N) is 1. The maximum Gasteiger partial charge on any atom is 0.343 e. The van der Waals surface area contributed by atoms with Crippen LogP contribution in [0.5, 0.6) is 11.5 Å². The fourth-order valence-electron chi connectivity index (χ4n) is 2.16. The van der Waals surface area contributed by atoms with Crippen LogP contribution in [0.3, 0.4) is 0 Å².